The second kappa shape index (κ2) is 13.6. The molecule has 0 saturated carbocycles. The summed E-state index contributed by atoms with van der Waals surface area (Å²) >= 11 is 0.562. The maximum atomic E-state index is 2.58. The topological polar surface area (TPSA) is 3.88 Å². The number of hydrogen-bond donors (Lipinski definition) is 0. The van der Waals surface area contributed by atoms with E-state index in [0.717, 1.165) is 0 Å². The van der Waals surface area contributed by atoms with Crippen LogP contribution in [0.15, 0.2) is 24.3 Å². The number of rotatable bonds is 15. The predicted octanol–water partition coefficient (Wildman–Crippen LogP) is 6.97. The average molecular weight is 422 g/mol. The Morgan fingerprint density at radius 3 is 1.77 bits per heavy atom. The number of nitrogens with zero attached hydrogens (tertiary/aromatic N) is 1. The van der Waals surface area contributed by atoms with Crippen LogP contribution < -0.4 is 4.57 Å². The number of para-hydroxylation sites is 1. The first-order chi connectivity index (χ1) is 12.8. The number of fused-ring (bicyclic) bond motifs is 1. The Morgan fingerprint density at radius 2 is 1.19 bits per heavy atom. The fraction of sp³-hybridized carbons (Fsp3) is 0.708. The van der Waals surface area contributed by atoms with Gasteiger partial charge in [-0.1, -0.05) is 39.0 Å². The van der Waals surface area contributed by atoms with Gasteiger partial charge < -0.3 is 0 Å². The number of hydrogen-bond acceptors (Lipinski definition) is 0. The van der Waals surface area contributed by atoms with Crippen molar-refractivity contribution in [2.24, 2.45) is 0 Å². The van der Waals surface area contributed by atoms with Crippen LogP contribution in [0.3, 0.4) is 0 Å². The number of aryl methyl sites for hydroxylation is 2. The third-order valence-corrected chi connectivity index (χ3v) is 7.80. The van der Waals surface area contributed by atoms with Crippen molar-refractivity contribution in [2.75, 3.05) is 0 Å². The zero-order valence-electron chi connectivity index (χ0n) is 17.3. The molecule has 0 aliphatic heterocycles. The van der Waals surface area contributed by atoms with Crippen LogP contribution in [0, 0.1) is 6.92 Å². The summed E-state index contributed by atoms with van der Waals surface area (Å²) < 4.78 is 5.74. The molecular weight excluding hydrogens is 381 g/mol. The Kier molecular flexibility index (Phi) is 11.3. The minimum atomic E-state index is 0.562. The van der Waals surface area contributed by atoms with E-state index >= 15 is 0 Å². The summed E-state index contributed by atoms with van der Waals surface area (Å²) in [5.41, 5.74) is 1.49. The van der Waals surface area contributed by atoms with Crippen molar-refractivity contribution in [3.05, 3.63) is 28.8 Å². The fourth-order valence-electron chi connectivity index (χ4n) is 3.89. The summed E-state index contributed by atoms with van der Waals surface area (Å²) in [4.78, 5) is 0. The summed E-state index contributed by atoms with van der Waals surface area (Å²) in [5.74, 6) is 0. The first-order valence-corrected chi connectivity index (χ1v) is 12.9. The van der Waals surface area contributed by atoms with Gasteiger partial charge in [-0.15, -0.1) is 0 Å². The van der Waals surface area contributed by atoms with E-state index in [-0.39, 0.29) is 0 Å². The van der Waals surface area contributed by atoms with Crippen molar-refractivity contribution in [3.63, 3.8) is 0 Å². The molecule has 0 atom stereocenters. The predicted molar refractivity (Wildman–Crippen MR) is 116 cm³/mol. The normalized spacial score (nSPS) is 11.5. The summed E-state index contributed by atoms with van der Waals surface area (Å²) in [6.45, 7) is 5.85. The SMILES string of the molecule is CCCCCCCCCCCCCCCC[n+]1c(C)[se]c2ccccc21. The summed E-state index contributed by atoms with van der Waals surface area (Å²) in [6.07, 6.45) is 20.1. The van der Waals surface area contributed by atoms with E-state index in [9.17, 15) is 0 Å². The molecule has 2 heteroatoms. The van der Waals surface area contributed by atoms with Crippen molar-refractivity contribution < 1.29 is 4.57 Å². The van der Waals surface area contributed by atoms with Crippen LogP contribution >= 0.6 is 0 Å². The second-order valence-electron chi connectivity index (χ2n) is 7.84. The van der Waals surface area contributed by atoms with E-state index in [1.807, 2.05) is 0 Å². The Labute approximate surface area is 168 Å². The number of benzene rings is 1. The van der Waals surface area contributed by atoms with Gasteiger partial charge in [-0.2, -0.15) is 0 Å². The van der Waals surface area contributed by atoms with Gasteiger partial charge in [0, 0.05) is 0 Å². The molecule has 0 bridgehead atoms. The van der Waals surface area contributed by atoms with Crippen LogP contribution in [0.2, 0.25) is 0 Å². The maximum absolute atomic E-state index is 2.58. The third kappa shape index (κ3) is 7.97. The molecule has 0 radical (unpaired) electrons. The molecule has 0 aliphatic rings. The minimum absolute atomic E-state index is 0.562. The molecule has 2 aromatic rings. The van der Waals surface area contributed by atoms with Crippen molar-refractivity contribution in [1.29, 1.82) is 0 Å². The molecule has 0 spiro atoms. The summed E-state index contributed by atoms with van der Waals surface area (Å²) in [7, 11) is 0. The quantitative estimate of drug-likeness (QED) is 0.166. The van der Waals surface area contributed by atoms with Gasteiger partial charge in [-0.3, -0.25) is 0 Å². The molecule has 1 heterocycles. The molecule has 0 aliphatic carbocycles. The first kappa shape index (κ1) is 21.7. The molecule has 0 fully saturated rings. The summed E-state index contributed by atoms with van der Waals surface area (Å²) in [6, 6.07) is 8.98. The fourth-order valence-corrected chi connectivity index (χ4v) is 6.09. The van der Waals surface area contributed by atoms with E-state index in [0.29, 0.717) is 14.5 Å². The van der Waals surface area contributed by atoms with Crippen LogP contribution in [0.4, 0.5) is 0 Å². The van der Waals surface area contributed by atoms with Crippen molar-refractivity contribution in [3.8, 4) is 0 Å². The summed E-state index contributed by atoms with van der Waals surface area (Å²) in [5, 5.41) is 0. The zero-order valence-corrected chi connectivity index (χ0v) is 19.0. The van der Waals surface area contributed by atoms with E-state index < -0.39 is 0 Å². The molecule has 146 valence electrons. The van der Waals surface area contributed by atoms with Gasteiger partial charge in [0.25, 0.3) is 0 Å². The Bertz CT molecular complexity index is 601. The van der Waals surface area contributed by atoms with Crippen molar-refractivity contribution in [1.82, 2.24) is 0 Å². The molecule has 1 aromatic carbocycles. The van der Waals surface area contributed by atoms with E-state index in [1.165, 1.54) is 102 Å². The zero-order chi connectivity index (χ0) is 18.5. The monoisotopic (exact) mass is 422 g/mol. The second-order valence-corrected chi connectivity index (χ2v) is 10.4. The van der Waals surface area contributed by atoms with E-state index in [4.69, 9.17) is 0 Å². The van der Waals surface area contributed by atoms with Gasteiger partial charge in [0.1, 0.15) is 0 Å². The molecule has 1 nitrogen and oxygen atoms in total. The van der Waals surface area contributed by atoms with Crippen LogP contribution in [-0.4, -0.2) is 14.5 Å². The molecule has 0 saturated heterocycles. The molecule has 0 N–H and O–H groups in total. The number of aromatic nitrogens is 1. The van der Waals surface area contributed by atoms with Gasteiger partial charge in [0.2, 0.25) is 0 Å². The van der Waals surface area contributed by atoms with Crippen molar-refractivity contribution in [2.45, 2.75) is 110 Å². The average Bonchev–Trinajstić information content (AvgIpc) is 2.97. The third-order valence-electron chi connectivity index (χ3n) is 5.53. The van der Waals surface area contributed by atoms with Crippen LogP contribution in [0.5, 0.6) is 0 Å². The van der Waals surface area contributed by atoms with E-state index in [1.54, 1.807) is 8.83 Å². The van der Waals surface area contributed by atoms with Crippen molar-refractivity contribution >= 4 is 24.3 Å². The van der Waals surface area contributed by atoms with Gasteiger partial charge in [-0.05, 0) is 0 Å². The van der Waals surface area contributed by atoms with E-state index in [2.05, 4.69) is 42.7 Å². The number of unbranched alkanes of at least 4 members (excludes halogenated alkanes) is 13. The Balaban J connectivity index is 1.43. The van der Waals surface area contributed by atoms with Gasteiger partial charge in [-0.25, -0.2) is 0 Å². The Morgan fingerprint density at radius 1 is 0.692 bits per heavy atom. The molecule has 0 amide bonds. The standard InChI is InChI=1S/C24H40NSe/c1-3-4-5-6-7-8-9-10-11-12-13-14-15-18-21-25-22(2)26-24-20-17-16-19-23(24)25/h16-17,19-20H,3-15,18,21H2,1-2H3/q+1. The van der Waals surface area contributed by atoms with Crippen LogP contribution in [-0.2, 0) is 6.54 Å². The van der Waals surface area contributed by atoms with Gasteiger partial charge in [0.05, 0.1) is 0 Å². The first-order valence-electron chi connectivity index (χ1n) is 11.2. The van der Waals surface area contributed by atoms with Gasteiger partial charge in [0.15, 0.2) is 0 Å². The molecule has 26 heavy (non-hydrogen) atoms. The molecule has 2 rings (SSSR count). The molecule has 1 aromatic heterocycles. The Hall–Kier alpha value is -0.591. The van der Waals surface area contributed by atoms with Crippen LogP contribution in [0.1, 0.15) is 101 Å². The molecular formula is C24H40NSe+. The molecule has 0 unspecified atom stereocenters. The van der Waals surface area contributed by atoms with Crippen LogP contribution in [0.25, 0.3) is 9.78 Å². The van der Waals surface area contributed by atoms with Gasteiger partial charge >= 0.3 is 129 Å².